The van der Waals surface area contributed by atoms with Gasteiger partial charge in [0.05, 0.1) is 36.3 Å². The minimum atomic E-state index is -0.212. The molecule has 3 fully saturated rings. The molecule has 5 heterocycles. The maximum absolute atomic E-state index is 13.4. The largest absolute Gasteiger partial charge is 0.378 e. The number of morpholine rings is 1. The highest BCUT2D eigenvalue weighted by molar-refractivity contribution is 8.26. The quantitative estimate of drug-likeness (QED) is 0.508. The van der Waals surface area contributed by atoms with E-state index in [1.165, 1.54) is 16.2 Å². The number of nitrogens with zero attached hydrogens (tertiary/aromatic N) is 4. The topological polar surface area (TPSA) is 76.4 Å². The van der Waals surface area contributed by atoms with Gasteiger partial charge in [0.1, 0.15) is 15.8 Å². The van der Waals surface area contributed by atoms with Crippen molar-refractivity contribution in [1.29, 1.82) is 0 Å². The molecule has 0 bridgehead atoms. The van der Waals surface area contributed by atoms with Crippen LogP contribution in [-0.4, -0.2) is 70.1 Å². The molecule has 5 rings (SSSR count). The zero-order valence-corrected chi connectivity index (χ0v) is 18.5. The molecule has 1 amide bonds. The standard InChI is InChI=1S/C21H22N4O4S2/c26-19-15(12-16-20(27)25(21(30)31-16)13-14-4-3-9-29-14)18(23-7-10-28-11-8-23)22-17-5-1-2-6-24(17)19/h1-2,5-6,12,14H,3-4,7-11,13H2/b16-12+. The Labute approximate surface area is 188 Å². The van der Waals surface area contributed by atoms with E-state index in [-0.39, 0.29) is 17.6 Å². The van der Waals surface area contributed by atoms with Gasteiger partial charge in [-0.3, -0.25) is 18.9 Å². The van der Waals surface area contributed by atoms with E-state index in [4.69, 9.17) is 26.7 Å². The molecule has 3 saturated heterocycles. The van der Waals surface area contributed by atoms with Gasteiger partial charge in [0.25, 0.3) is 11.5 Å². The molecule has 0 spiro atoms. The minimum absolute atomic E-state index is 0.0127. The lowest BCUT2D eigenvalue weighted by Crippen LogP contribution is -2.38. The van der Waals surface area contributed by atoms with Gasteiger partial charge in [-0.05, 0) is 31.1 Å². The molecule has 31 heavy (non-hydrogen) atoms. The van der Waals surface area contributed by atoms with Crippen molar-refractivity contribution in [1.82, 2.24) is 14.3 Å². The van der Waals surface area contributed by atoms with Gasteiger partial charge in [-0.15, -0.1) is 0 Å². The summed E-state index contributed by atoms with van der Waals surface area (Å²) in [5.41, 5.74) is 0.747. The van der Waals surface area contributed by atoms with Crippen molar-refractivity contribution in [3.8, 4) is 0 Å². The predicted octanol–water partition coefficient (Wildman–Crippen LogP) is 1.91. The number of pyridine rings is 1. The van der Waals surface area contributed by atoms with E-state index in [9.17, 15) is 9.59 Å². The van der Waals surface area contributed by atoms with E-state index in [0.717, 1.165) is 19.4 Å². The highest BCUT2D eigenvalue weighted by atomic mass is 32.2. The Balaban J connectivity index is 1.55. The normalized spacial score (nSPS) is 23.5. The predicted molar refractivity (Wildman–Crippen MR) is 123 cm³/mol. The summed E-state index contributed by atoms with van der Waals surface area (Å²) in [6, 6.07) is 5.44. The van der Waals surface area contributed by atoms with Crippen molar-refractivity contribution >= 4 is 51.7 Å². The summed E-state index contributed by atoms with van der Waals surface area (Å²) in [5.74, 6) is 0.389. The van der Waals surface area contributed by atoms with Crippen LogP contribution in [0.1, 0.15) is 18.4 Å². The summed E-state index contributed by atoms with van der Waals surface area (Å²) in [7, 11) is 0. The zero-order chi connectivity index (χ0) is 21.4. The number of thioether (sulfide) groups is 1. The number of carbonyl (C=O) groups excluding carboxylic acids is 1. The van der Waals surface area contributed by atoms with Crippen molar-refractivity contribution in [2.45, 2.75) is 18.9 Å². The van der Waals surface area contributed by atoms with Crippen LogP contribution >= 0.6 is 24.0 Å². The third-order valence-electron chi connectivity index (χ3n) is 5.62. The van der Waals surface area contributed by atoms with E-state index >= 15 is 0 Å². The van der Waals surface area contributed by atoms with Crippen molar-refractivity contribution in [2.24, 2.45) is 0 Å². The molecule has 3 aliphatic rings. The minimum Gasteiger partial charge on any atom is -0.378 e. The smallest absolute Gasteiger partial charge is 0.267 e. The molecule has 0 N–H and O–H groups in total. The Hall–Kier alpha value is -2.27. The summed E-state index contributed by atoms with van der Waals surface area (Å²) < 4.78 is 13.1. The first-order valence-electron chi connectivity index (χ1n) is 10.3. The van der Waals surface area contributed by atoms with Crippen LogP contribution in [0, 0.1) is 0 Å². The lowest BCUT2D eigenvalue weighted by Gasteiger charge is -2.29. The second-order valence-corrected chi connectivity index (χ2v) is 9.29. The summed E-state index contributed by atoms with van der Waals surface area (Å²) in [5, 5.41) is 0. The Morgan fingerprint density at radius 2 is 2.06 bits per heavy atom. The third kappa shape index (κ3) is 4.00. The lowest BCUT2D eigenvalue weighted by molar-refractivity contribution is -0.123. The molecule has 10 heteroatoms. The van der Waals surface area contributed by atoms with Crippen molar-refractivity contribution in [3.63, 3.8) is 0 Å². The SMILES string of the molecule is O=C1/C(=C\c2c(N3CCOCC3)nc3ccccn3c2=O)SC(=S)N1CC1CCCO1. The Morgan fingerprint density at radius 1 is 1.23 bits per heavy atom. The molecule has 0 aliphatic carbocycles. The number of ether oxygens (including phenoxy) is 2. The van der Waals surface area contributed by atoms with Gasteiger partial charge in [0, 0.05) is 25.9 Å². The van der Waals surface area contributed by atoms with Crippen LogP contribution in [0.25, 0.3) is 11.7 Å². The molecule has 3 aliphatic heterocycles. The van der Waals surface area contributed by atoms with Crippen molar-refractivity contribution < 1.29 is 14.3 Å². The molecular weight excluding hydrogens is 436 g/mol. The summed E-state index contributed by atoms with van der Waals surface area (Å²) in [6.45, 7) is 3.58. The second kappa shape index (κ2) is 8.70. The first-order chi connectivity index (χ1) is 15.1. The van der Waals surface area contributed by atoms with E-state index < -0.39 is 0 Å². The van der Waals surface area contributed by atoms with E-state index in [1.54, 1.807) is 29.3 Å². The van der Waals surface area contributed by atoms with Crippen LogP contribution in [0.2, 0.25) is 0 Å². The molecule has 0 saturated carbocycles. The average molecular weight is 459 g/mol. The second-order valence-electron chi connectivity index (χ2n) is 7.61. The molecule has 1 unspecified atom stereocenters. The van der Waals surface area contributed by atoms with Gasteiger partial charge in [-0.25, -0.2) is 4.98 Å². The Morgan fingerprint density at radius 3 is 2.84 bits per heavy atom. The highest BCUT2D eigenvalue weighted by Gasteiger charge is 2.35. The summed E-state index contributed by atoms with van der Waals surface area (Å²) in [6.07, 6.45) is 5.27. The van der Waals surface area contributed by atoms with Gasteiger partial charge in [0.15, 0.2) is 0 Å². The molecule has 1 atom stereocenters. The van der Waals surface area contributed by atoms with Crippen LogP contribution in [0.5, 0.6) is 0 Å². The number of fused-ring (bicyclic) bond motifs is 1. The van der Waals surface area contributed by atoms with E-state index in [1.807, 2.05) is 11.0 Å². The number of thiocarbonyl (C=S) groups is 1. The monoisotopic (exact) mass is 458 g/mol. The van der Waals surface area contributed by atoms with Crippen LogP contribution in [0.4, 0.5) is 5.82 Å². The average Bonchev–Trinajstić information content (AvgIpc) is 3.40. The summed E-state index contributed by atoms with van der Waals surface area (Å²) >= 11 is 6.68. The first-order valence-corrected chi connectivity index (χ1v) is 11.6. The number of aromatic nitrogens is 2. The maximum atomic E-state index is 13.4. The van der Waals surface area contributed by atoms with Gasteiger partial charge >= 0.3 is 0 Å². The fourth-order valence-electron chi connectivity index (χ4n) is 4.01. The Bertz CT molecular complexity index is 1120. The number of anilines is 1. The fraction of sp³-hybridized carbons (Fsp3) is 0.429. The van der Waals surface area contributed by atoms with Crippen LogP contribution in [-0.2, 0) is 14.3 Å². The molecule has 0 radical (unpaired) electrons. The molecule has 8 nitrogen and oxygen atoms in total. The maximum Gasteiger partial charge on any atom is 0.267 e. The van der Waals surface area contributed by atoms with Gasteiger partial charge in [-0.1, -0.05) is 30.0 Å². The fourth-order valence-corrected chi connectivity index (χ4v) is 5.27. The number of rotatable bonds is 4. The Kier molecular flexibility index (Phi) is 5.79. The first kappa shape index (κ1) is 20.6. The molecular formula is C21H22N4O4S2. The van der Waals surface area contributed by atoms with Crippen molar-refractivity contribution in [3.05, 3.63) is 45.2 Å². The molecule has 0 aromatic carbocycles. The van der Waals surface area contributed by atoms with Gasteiger partial charge in [0.2, 0.25) is 0 Å². The number of amides is 1. The van der Waals surface area contributed by atoms with E-state index in [2.05, 4.69) is 0 Å². The highest BCUT2D eigenvalue weighted by Crippen LogP contribution is 2.34. The number of carbonyl (C=O) groups is 1. The van der Waals surface area contributed by atoms with Crippen LogP contribution in [0.15, 0.2) is 34.1 Å². The third-order valence-corrected chi connectivity index (χ3v) is 7.00. The van der Waals surface area contributed by atoms with Gasteiger partial charge in [-0.2, -0.15) is 0 Å². The zero-order valence-electron chi connectivity index (χ0n) is 16.9. The van der Waals surface area contributed by atoms with Crippen LogP contribution < -0.4 is 10.5 Å². The summed E-state index contributed by atoms with van der Waals surface area (Å²) in [4.78, 5) is 35.3. The van der Waals surface area contributed by atoms with Crippen LogP contribution in [0.3, 0.4) is 0 Å². The van der Waals surface area contributed by atoms with Crippen molar-refractivity contribution in [2.75, 3.05) is 44.4 Å². The number of hydrogen-bond acceptors (Lipinski definition) is 8. The van der Waals surface area contributed by atoms with E-state index in [0.29, 0.717) is 59.1 Å². The molecule has 2 aromatic heterocycles. The molecule has 162 valence electrons. The van der Waals surface area contributed by atoms with Gasteiger partial charge < -0.3 is 14.4 Å². The molecule has 2 aromatic rings. The lowest BCUT2D eigenvalue weighted by atomic mass is 10.2. The number of hydrogen-bond donors (Lipinski definition) is 0.